The van der Waals surface area contributed by atoms with E-state index in [0.29, 0.717) is 18.8 Å². The van der Waals surface area contributed by atoms with Gasteiger partial charge < -0.3 is 4.57 Å². The second kappa shape index (κ2) is 4.37. The van der Waals surface area contributed by atoms with Gasteiger partial charge in [0.1, 0.15) is 5.82 Å². The number of hydrogen-bond acceptors (Lipinski definition) is 3. The summed E-state index contributed by atoms with van der Waals surface area (Å²) in [6, 6.07) is 0. The van der Waals surface area contributed by atoms with Gasteiger partial charge in [-0.15, -0.1) is 0 Å². The lowest BCUT2D eigenvalue weighted by Crippen LogP contribution is -2.02. The maximum Gasteiger partial charge on any atom is 0.280 e. The van der Waals surface area contributed by atoms with Gasteiger partial charge in [0.05, 0.1) is 0 Å². The molecule has 0 aliphatic rings. The Kier molecular flexibility index (Phi) is 3.57. The molecule has 0 unspecified atom stereocenters. The fraction of sp³-hybridized carbons (Fsp3) is 0.444. The number of aryl methyl sites for hydroxylation is 1. The van der Waals surface area contributed by atoms with Crippen LogP contribution in [0.5, 0.6) is 0 Å². The van der Waals surface area contributed by atoms with Crippen LogP contribution in [0.25, 0.3) is 0 Å². The Balaban J connectivity index is 3.17. The lowest BCUT2D eigenvalue weighted by atomic mass is 10.3. The van der Waals surface area contributed by atoms with Crippen molar-refractivity contribution >= 4 is 19.7 Å². The van der Waals surface area contributed by atoms with Gasteiger partial charge >= 0.3 is 0 Å². The topological polar surface area (TPSA) is 52.0 Å². The summed E-state index contributed by atoms with van der Waals surface area (Å²) in [7, 11) is 1.47. The molecule has 0 saturated carbocycles. The molecule has 1 rings (SSSR count). The van der Waals surface area contributed by atoms with E-state index >= 15 is 0 Å². The number of imidazole rings is 1. The molecule has 6 heteroatoms. The highest BCUT2D eigenvalue weighted by molar-refractivity contribution is 8.13. The van der Waals surface area contributed by atoms with Gasteiger partial charge in [-0.05, 0) is 6.92 Å². The second-order valence-corrected chi connectivity index (χ2v) is 5.88. The Labute approximate surface area is 94.0 Å². The Morgan fingerprint density at radius 2 is 2.27 bits per heavy atom. The molecule has 1 heterocycles. The summed E-state index contributed by atoms with van der Waals surface area (Å²) in [6.07, 6.45) is 2.09. The highest BCUT2D eigenvalue weighted by Crippen LogP contribution is 2.15. The van der Waals surface area contributed by atoms with E-state index in [1.54, 1.807) is 4.57 Å². The fourth-order valence-corrected chi connectivity index (χ4v) is 1.95. The van der Waals surface area contributed by atoms with Crippen molar-refractivity contribution in [1.82, 2.24) is 9.55 Å². The summed E-state index contributed by atoms with van der Waals surface area (Å²) in [5, 5.41) is -0.0951. The number of rotatable bonds is 4. The number of hydrogen-bond donors (Lipinski definition) is 0. The predicted octanol–water partition coefficient (Wildman–Crippen LogP) is 1.95. The maximum atomic E-state index is 11.1. The zero-order valence-corrected chi connectivity index (χ0v) is 10.3. The summed E-state index contributed by atoms with van der Waals surface area (Å²) >= 11 is 0. The van der Waals surface area contributed by atoms with Gasteiger partial charge in [0.15, 0.2) is 5.03 Å². The first-order chi connectivity index (χ1) is 6.84. The van der Waals surface area contributed by atoms with Gasteiger partial charge in [-0.25, -0.2) is 13.4 Å². The molecule has 0 radical (unpaired) electrons. The summed E-state index contributed by atoms with van der Waals surface area (Å²) in [5.41, 5.74) is 0.931. The third-order valence-corrected chi connectivity index (χ3v) is 3.01. The lowest BCUT2D eigenvalue weighted by Gasteiger charge is -2.04. The summed E-state index contributed by atoms with van der Waals surface area (Å²) < 4.78 is 23.9. The SMILES string of the molecule is C=C(C)Cn1cc(S(=O)(=O)Cl)nc1CC. The Bertz CT molecular complexity index is 476. The molecular formula is C9H13ClN2O2S. The number of aromatic nitrogens is 2. The largest absolute Gasteiger partial charge is 0.329 e. The molecule has 4 nitrogen and oxygen atoms in total. The van der Waals surface area contributed by atoms with Crippen LogP contribution in [0.3, 0.4) is 0 Å². The predicted molar refractivity (Wildman–Crippen MR) is 59.5 cm³/mol. The van der Waals surface area contributed by atoms with Crippen molar-refractivity contribution in [3.8, 4) is 0 Å². The summed E-state index contributed by atoms with van der Waals surface area (Å²) in [4.78, 5) is 3.95. The van der Waals surface area contributed by atoms with Crippen LogP contribution in [0.4, 0.5) is 0 Å². The average molecular weight is 249 g/mol. The van der Waals surface area contributed by atoms with Gasteiger partial charge in [-0.2, -0.15) is 0 Å². The molecule has 0 fully saturated rings. The van der Waals surface area contributed by atoms with Crippen LogP contribution in [-0.2, 0) is 22.0 Å². The van der Waals surface area contributed by atoms with Crippen LogP contribution in [0, 0.1) is 0 Å². The fourth-order valence-electron chi connectivity index (χ4n) is 1.26. The van der Waals surface area contributed by atoms with Crippen LogP contribution in [0.2, 0.25) is 0 Å². The molecule has 1 aromatic rings. The molecule has 0 atom stereocenters. The van der Waals surface area contributed by atoms with Gasteiger partial charge in [0.2, 0.25) is 0 Å². The van der Waals surface area contributed by atoms with Gasteiger partial charge in [-0.3, -0.25) is 0 Å². The molecule has 0 amide bonds. The van der Waals surface area contributed by atoms with E-state index in [1.165, 1.54) is 6.20 Å². The first kappa shape index (κ1) is 12.3. The van der Waals surface area contributed by atoms with Crippen molar-refractivity contribution in [3.05, 3.63) is 24.2 Å². The van der Waals surface area contributed by atoms with Crippen molar-refractivity contribution in [2.45, 2.75) is 31.8 Å². The molecule has 0 spiro atoms. The van der Waals surface area contributed by atoms with E-state index in [1.807, 2.05) is 13.8 Å². The van der Waals surface area contributed by atoms with Crippen molar-refractivity contribution in [2.75, 3.05) is 0 Å². The van der Waals surface area contributed by atoms with Crippen LogP contribution in [0.15, 0.2) is 23.4 Å². The molecule has 84 valence electrons. The van der Waals surface area contributed by atoms with Crippen LogP contribution in [-0.4, -0.2) is 18.0 Å². The highest BCUT2D eigenvalue weighted by atomic mass is 35.7. The minimum absolute atomic E-state index is 0.0951. The summed E-state index contributed by atoms with van der Waals surface area (Å²) in [5.74, 6) is 0.692. The second-order valence-electron chi connectivity index (χ2n) is 3.37. The normalized spacial score (nSPS) is 11.7. The molecule has 0 aliphatic carbocycles. The number of nitrogens with zero attached hydrogens (tertiary/aromatic N) is 2. The number of halogens is 1. The van der Waals surface area contributed by atoms with Crippen LogP contribution < -0.4 is 0 Å². The number of allylic oxidation sites excluding steroid dienone is 1. The third kappa shape index (κ3) is 3.07. The minimum Gasteiger partial charge on any atom is -0.329 e. The zero-order valence-electron chi connectivity index (χ0n) is 8.70. The summed E-state index contributed by atoms with van der Waals surface area (Å²) in [6.45, 7) is 8.10. The van der Waals surface area contributed by atoms with Crippen LogP contribution >= 0.6 is 10.7 Å². The zero-order chi connectivity index (χ0) is 11.6. The van der Waals surface area contributed by atoms with E-state index in [9.17, 15) is 8.42 Å². The average Bonchev–Trinajstić information content (AvgIpc) is 2.45. The maximum absolute atomic E-state index is 11.1. The van der Waals surface area contributed by atoms with E-state index in [-0.39, 0.29) is 5.03 Å². The molecule has 15 heavy (non-hydrogen) atoms. The molecular weight excluding hydrogens is 236 g/mol. The third-order valence-electron chi connectivity index (χ3n) is 1.84. The van der Waals surface area contributed by atoms with Gasteiger partial charge in [0, 0.05) is 29.8 Å². The minimum atomic E-state index is -3.74. The molecule has 0 bridgehead atoms. The Morgan fingerprint density at radius 1 is 1.67 bits per heavy atom. The van der Waals surface area contributed by atoms with Crippen molar-refractivity contribution in [2.24, 2.45) is 0 Å². The molecule has 0 aliphatic heterocycles. The standard InChI is InChI=1S/C9H13ClN2O2S/c1-4-8-11-9(15(10,13)14)6-12(8)5-7(2)3/h6H,2,4-5H2,1,3H3. The van der Waals surface area contributed by atoms with Crippen molar-refractivity contribution in [1.29, 1.82) is 0 Å². The molecule has 0 saturated heterocycles. The Hall–Kier alpha value is -0.810. The smallest absolute Gasteiger partial charge is 0.280 e. The first-order valence-electron chi connectivity index (χ1n) is 4.49. The van der Waals surface area contributed by atoms with Gasteiger partial charge in [-0.1, -0.05) is 19.1 Å². The molecule has 0 aromatic carbocycles. The molecule has 1 aromatic heterocycles. The van der Waals surface area contributed by atoms with Crippen molar-refractivity contribution < 1.29 is 8.42 Å². The van der Waals surface area contributed by atoms with E-state index in [2.05, 4.69) is 11.6 Å². The quantitative estimate of drug-likeness (QED) is 0.605. The van der Waals surface area contributed by atoms with Crippen LogP contribution in [0.1, 0.15) is 19.7 Å². The monoisotopic (exact) mass is 248 g/mol. The van der Waals surface area contributed by atoms with Crippen molar-refractivity contribution in [3.63, 3.8) is 0 Å². The first-order valence-corrected chi connectivity index (χ1v) is 6.80. The Morgan fingerprint density at radius 3 is 2.67 bits per heavy atom. The highest BCUT2D eigenvalue weighted by Gasteiger charge is 2.16. The lowest BCUT2D eigenvalue weighted by molar-refractivity contribution is 0.606. The molecule has 0 N–H and O–H groups in total. The van der Waals surface area contributed by atoms with E-state index in [0.717, 1.165) is 5.57 Å². The van der Waals surface area contributed by atoms with E-state index in [4.69, 9.17) is 10.7 Å². The van der Waals surface area contributed by atoms with E-state index < -0.39 is 9.05 Å². The van der Waals surface area contributed by atoms with Gasteiger partial charge in [0.25, 0.3) is 9.05 Å².